The predicted octanol–water partition coefficient (Wildman–Crippen LogP) is 3.84. The number of fused-ring (bicyclic) bond motifs is 1. The molecule has 0 aliphatic carbocycles. The second kappa shape index (κ2) is 4.94. The molecule has 0 aliphatic heterocycles. The Labute approximate surface area is 116 Å². The molecule has 0 saturated carbocycles. The molecule has 1 N–H and O–H groups in total. The Morgan fingerprint density at radius 2 is 1.95 bits per heavy atom. The van der Waals surface area contributed by atoms with Crippen LogP contribution >= 0.6 is 11.6 Å². The summed E-state index contributed by atoms with van der Waals surface area (Å²) < 4.78 is 2.07. The van der Waals surface area contributed by atoms with Crippen molar-refractivity contribution in [3.63, 3.8) is 0 Å². The summed E-state index contributed by atoms with van der Waals surface area (Å²) in [5.41, 5.74) is 3.11. The number of anilines is 1. The molecule has 0 saturated heterocycles. The van der Waals surface area contributed by atoms with Gasteiger partial charge in [0.25, 0.3) is 0 Å². The third-order valence-electron chi connectivity index (χ3n) is 3.16. The molecule has 3 nitrogen and oxygen atoms in total. The van der Waals surface area contributed by atoms with E-state index in [1.165, 1.54) is 0 Å². The zero-order valence-corrected chi connectivity index (χ0v) is 11.4. The summed E-state index contributed by atoms with van der Waals surface area (Å²) in [5.74, 6) is 0.987. The van der Waals surface area contributed by atoms with Crippen molar-refractivity contribution in [2.24, 2.45) is 7.05 Å². The minimum absolute atomic E-state index is 0.687. The number of benzene rings is 2. The molecular weight excluding hydrogens is 258 g/mol. The Kier molecular flexibility index (Phi) is 3.13. The van der Waals surface area contributed by atoms with Crippen LogP contribution in [-0.4, -0.2) is 9.55 Å². The van der Waals surface area contributed by atoms with E-state index >= 15 is 0 Å². The fourth-order valence-electron chi connectivity index (χ4n) is 2.11. The van der Waals surface area contributed by atoms with Gasteiger partial charge in [-0.3, -0.25) is 0 Å². The molecule has 0 aliphatic rings. The summed E-state index contributed by atoms with van der Waals surface area (Å²) in [6, 6.07) is 15.9. The van der Waals surface area contributed by atoms with E-state index in [1.807, 2.05) is 55.6 Å². The summed E-state index contributed by atoms with van der Waals surface area (Å²) in [6.45, 7) is 0.687. The standard InChI is InChI=1S/C15H14ClN3/c1-19-14-9-11(16)7-8-13(14)18-15(19)10-17-12-5-3-2-4-6-12/h2-9,17H,10H2,1H3. The minimum Gasteiger partial charge on any atom is -0.378 e. The minimum atomic E-state index is 0.687. The Hall–Kier alpha value is -2.00. The average Bonchev–Trinajstić information content (AvgIpc) is 2.74. The Balaban J connectivity index is 1.87. The smallest absolute Gasteiger partial charge is 0.128 e. The zero-order valence-electron chi connectivity index (χ0n) is 10.6. The zero-order chi connectivity index (χ0) is 13.2. The molecule has 0 radical (unpaired) electrons. The first-order chi connectivity index (χ1) is 9.24. The molecule has 0 bridgehead atoms. The fraction of sp³-hybridized carbons (Fsp3) is 0.133. The molecule has 0 unspecified atom stereocenters. The van der Waals surface area contributed by atoms with Gasteiger partial charge in [0.05, 0.1) is 17.6 Å². The number of aromatic nitrogens is 2. The average molecular weight is 272 g/mol. The van der Waals surface area contributed by atoms with Crippen molar-refractivity contribution in [1.82, 2.24) is 9.55 Å². The van der Waals surface area contributed by atoms with E-state index < -0.39 is 0 Å². The van der Waals surface area contributed by atoms with Crippen LogP contribution < -0.4 is 5.32 Å². The highest BCUT2D eigenvalue weighted by atomic mass is 35.5. The topological polar surface area (TPSA) is 29.9 Å². The number of hydrogen-bond acceptors (Lipinski definition) is 2. The number of imidazole rings is 1. The van der Waals surface area contributed by atoms with E-state index in [1.54, 1.807) is 0 Å². The van der Waals surface area contributed by atoms with Gasteiger partial charge in [-0.05, 0) is 30.3 Å². The van der Waals surface area contributed by atoms with Gasteiger partial charge in [0, 0.05) is 17.8 Å². The van der Waals surface area contributed by atoms with Gasteiger partial charge in [0.1, 0.15) is 5.82 Å². The molecule has 1 heterocycles. The van der Waals surface area contributed by atoms with E-state index in [4.69, 9.17) is 11.6 Å². The van der Waals surface area contributed by atoms with Crippen molar-refractivity contribution in [1.29, 1.82) is 0 Å². The van der Waals surface area contributed by atoms with Gasteiger partial charge in [0.15, 0.2) is 0 Å². The second-order valence-electron chi connectivity index (χ2n) is 4.44. The molecule has 3 aromatic rings. The molecule has 19 heavy (non-hydrogen) atoms. The van der Waals surface area contributed by atoms with Gasteiger partial charge in [-0.25, -0.2) is 4.98 Å². The molecule has 0 atom stereocenters. The van der Waals surface area contributed by atoms with Crippen molar-refractivity contribution >= 4 is 28.3 Å². The van der Waals surface area contributed by atoms with Crippen LogP contribution in [0.1, 0.15) is 5.82 Å². The van der Waals surface area contributed by atoms with Crippen LogP contribution in [0.25, 0.3) is 11.0 Å². The molecule has 2 aromatic carbocycles. The molecular formula is C15H14ClN3. The third-order valence-corrected chi connectivity index (χ3v) is 3.40. The number of para-hydroxylation sites is 1. The highest BCUT2D eigenvalue weighted by Gasteiger charge is 2.07. The third kappa shape index (κ3) is 2.42. The van der Waals surface area contributed by atoms with Crippen molar-refractivity contribution in [3.8, 4) is 0 Å². The van der Waals surface area contributed by atoms with Crippen molar-refractivity contribution in [2.45, 2.75) is 6.54 Å². The van der Waals surface area contributed by atoms with Crippen molar-refractivity contribution < 1.29 is 0 Å². The maximum Gasteiger partial charge on any atom is 0.128 e. The molecule has 0 amide bonds. The first-order valence-electron chi connectivity index (χ1n) is 6.14. The maximum atomic E-state index is 6.02. The summed E-state index contributed by atoms with van der Waals surface area (Å²) in [5, 5.41) is 4.10. The van der Waals surface area contributed by atoms with Crippen LogP contribution in [0.5, 0.6) is 0 Å². The summed E-state index contributed by atoms with van der Waals surface area (Å²) in [6.07, 6.45) is 0. The number of nitrogens with one attached hydrogen (secondary N) is 1. The van der Waals surface area contributed by atoms with Crippen molar-refractivity contribution in [3.05, 3.63) is 59.4 Å². The first kappa shape index (κ1) is 12.1. The van der Waals surface area contributed by atoms with Crippen LogP contribution in [-0.2, 0) is 13.6 Å². The van der Waals surface area contributed by atoms with Gasteiger partial charge < -0.3 is 9.88 Å². The Morgan fingerprint density at radius 1 is 1.16 bits per heavy atom. The second-order valence-corrected chi connectivity index (χ2v) is 4.88. The Morgan fingerprint density at radius 3 is 2.74 bits per heavy atom. The lowest BCUT2D eigenvalue weighted by atomic mass is 10.3. The molecule has 4 heteroatoms. The number of nitrogens with zero attached hydrogens (tertiary/aromatic N) is 2. The van der Waals surface area contributed by atoms with E-state index in [2.05, 4.69) is 14.9 Å². The molecule has 0 spiro atoms. The Bertz CT molecular complexity index is 704. The largest absolute Gasteiger partial charge is 0.378 e. The van der Waals surface area contributed by atoms with E-state index in [0.717, 1.165) is 27.6 Å². The summed E-state index contributed by atoms with van der Waals surface area (Å²) in [4.78, 5) is 4.61. The molecule has 96 valence electrons. The monoisotopic (exact) mass is 271 g/mol. The maximum absolute atomic E-state index is 6.02. The van der Waals surface area contributed by atoms with E-state index in [-0.39, 0.29) is 0 Å². The van der Waals surface area contributed by atoms with Crippen LogP contribution in [0.4, 0.5) is 5.69 Å². The fourth-order valence-corrected chi connectivity index (χ4v) is 2.27. The highest BCUT2D eigenvalue weighted by Crippen LogP contribution is 2.20. The highest BCUT2D eigenvalue weighted by molar-refractivity contribution is 6.31. The van der Waals surface area contributed by atoms with E-state index in [9.17, 15) is 0 Å². The normalized spacial score (nSPS) is 10.8. The summed E-state index contributed by atoms with van der Waals surface area (Å²) >= 11 is 6.02. The van der Waals surface area contributed by atoms with Gasteiger partial charge >= 0.3 is 0 Å². The van der Waals surface area contributed by atoms with Gasteiger partial charge in [0.2, 0.25) is 0 Å². The van der Waals surface area contributed by atoms with Gasteiger partial charge in [-0.15, -0.1) is 0 Å². The SMILES string of the molecule is Cn1c(CNc2ccccc2)nc2ccc(Cl)cc21. The number of hydrogen-bond donors (Lipinski definition) is 1. The predicted molar refractivity (Wildman–Crippen MR) is 79.5 cm³/mol. The van der Waals surface area contributed by atoms with Gasteiger partial charge in [-0.1, -0.05) is 29.8 Å². The molecule has 1 aromatic heterocycles. The first-order valence-corrected chi connectivity index (χ1v) is 6.51. The number of halogens is 1. The van der Waals surface area contributed by atoms with Crippen molar-refractivity contribution in [2.75, 3.05) is 5.32 Å². The van der Waals surface area contributed by atoms with Gasteiger partial charge in [-0.2, -0.15) is 0 Å². The quantitative estimate of drug-likeness (QED) is 0.784. The van der Waals surface area contributed by atoms with Crippen LogP contribution in [0, 0.1) is 0 Å². The van der Waals surface area contributed by atoms with Crippen LogP contribution in [0.15, 0.2) is 48.5 Å². The number of rotatable bonds is 3. The number of aryl methyl sites for hydroxylation is 1. The molecule has 0 fully saturated rings. The van der Waals surface area contributed by atoms with E-state index in [0.29, 0.717) is 6.54 Å². The molecule has 3 rings (SSSR count). The van der Waals surface area contributed by atoms with Crippen LogP contribution in [0.3, 0.4) is 0 Å². The lowest BCUT2D eigenvalue weighted by molar-refractivity contribution is 0.834. The lowest BCUT2D eigenvalue weighted by Gasteiger charge is -2.06. The summed E-state index contributed by atoms with van der Waals surface area (Å²) in [7, 11) is 2.01. The van der Waals surface area contributed by atoms with Crippen LogP contribution in [0.2, 0.25) is 5.02 Å². The lowest BCUT2D eigenvalue weighted by Crippen LogP contribution is -2.05.